The van der Waals surface area contributed by atoms with Crippen molar-refractivity contribution >= 4 is 9.84 Å². The summed E-state index contributed by atoms with van der Waals surface area (Å²) < 4.78 is 22.9. The summed E-state index contributed by atoms with van der Waals surface area (Å²) in [5.74, 6) is 0. The van der Waals surface area contributed by atoms with E-state index in [0.29, 0.717) is 10.9 Å². The molecule has 0 aliphatic carbocycles. The zero-order chi connectivity index (χ0) is 17.0. The summed E-state index contributed by atoms with van der Waals surface area (Å²) in [4.78, 5) is 0.365. The standard InChI is InChI=1S/C19H25NO2S/c1-14-5-8-18(15(2)11-14)12-16(3)20-13-17-6-9-19(10-7-17)23(4,21)22/h5-11,16,20H,12-13H2,1-4H3/t16-/m0/s1. The Hall–Kier alpha value is -1.65. The van der Waals surface area contributed by atoms with E-state index >= 15 is 0 Å². The van der Waals surface area contributed by atoms with Crippen LogP contribution < -0.4 is 5.32 Å². The summed E-state index contributed by atoms with van der Waals surface area (Å²) >= 11 is 0. The van der Waals surface area contributed by atoms with E-state index in [1.807, 2.05) is 12.1 Å². The van der Waals surface area contributed by atoms with Gasteiger partial charge < -0.3 is 5.32 Å². The van der Waals surface area contributed by atoms with Crippen LogP contribution in [-0.4, -0.2) is 20.7 Å². The summed E-state index contributed by atoms with van der Waals surface area (Å²) in [6.45, 7) is 7.16. The van der Waals surface area contributed by atoms with Gasteiger partial charge in [0, 0.05) is 18.8 Å². The van der Waals surface area contributed by atoms with Gasteiger partial charge in [-0.3, -0.25) is 0 Å². The van der Waals surface area contributed by atoms with E-state index in [2.05, 4.69) is 44.3 Å². The lowest BCUT2D eigenvalue weighted by molar-refractivity contribution is 0.544. The average Bonchev–Trinajstić information content (AvgIpc) is 2.47. The maximum atomic E-state index is 11.5. The number of hydrogen-bond acceptors (Lipinski definition) is 3. The Balaban J connectivity index is 1.92. The Bertz CT molecular complexity index is 764. The molecule has 0 saturated carbocycles. The molecule has 3 nitrogen and oxygen atoms in total. The molecule has 0 bridgehead atoms. The van der Waals surface area contributed by atoms with Crippen molar-refractivity contribution in [1.29, 1.82) is 0 Å². The molecular weight excluding hydrogens is 306 g/mol. The van der Waals surface area contributed by atoms with Crippen molar-refractivity contribution < 1.29 is 8.42 Å². The van der Waals surface area contributed by atoms with E-state index in [-0.39, 0.29) is 0 Å². The van der Waals surface area contributed by atoms with Crippen LogP contribution in [0.2, 0.25) is 0 Å². The number of benzene rings is 2. The maximum absolute atomic E-state index is 11.5. The Morgan fingerprint density at radius 1 is 1.04 bits per heavy atom. The minimum absolute atomic E-state index is 0.353. The topological polar surface area (TPSA) is 46.2 Å². The van der Waals surface area contributed by atoms with Crippen LogP contribution in [0.25, 0.3) is 0 Å². The SMILES string of the molecule is Cc1ccc(C[C@H](C)NCc2ccc(S(C)(=O)=O)cc2)c(C)c1. The van der Waals surface area contributed by atoms with Crippen LogP contribution in [0.1, 0.15) is 29.2 Å². The lowest BCUT2D eigenvalue weighted by Gasteiger charge is -2.16. The van der Waals surface area contributed by atoms with Crippen LogP contribution in [0, 0.1) is 13.8 Å². The third-order valence-corrected chi connectivity index (χ3v) is 5.16. The van der Waals surface area contributed by atoms with Crippen molar-refractivity contribution in [2.75, 3.05) is 6.26 Å². The van der Waals surface area contributed by atoms with Crippen molar-refractivity contribution in [3.05, 3.63) is 64.7 Å². The van der Waals surface area contributed by atoms with E-state index in [4.69, 9.17) is 0 Å². The molecule has 0 heterocycles. The number of nitrogens with one attached hydrogen (secondary N) is 1. The third-order valence-electron chi connectivity index (χ3n) is 4.03. The van der Waals surface area contributed by atoms with E-state index in [1.165, 1.54) is 22.9 Å². The molecule has 1 atom stereocenters. The van der Waals surface area contributed by atoms with Crippen molar-refractivity contribution in [3.63, 3.8) is 0 Å². The second-order valence-corrected chi connectivity index (χ2v) is 8.35. The van der Waals surface area contributed by atoms with Gasteiger partial charge in [-0.05, 0) is 56.0 Å². The molecule has 0 unspecified atom stereocenters. The molecule has 0 fully saturated rings. The van der Waals surface area contributed by atoms with Crippen LogP contribution in [0.4, 0.5) is 0 Å². The fraction of sp³-hybridized carbons (Fsp3) is 0.368. The van der Waals surface area contributed by atoms with Gasteiger partial charge in [-0.25, -0.2) is 8.42 Å². The largest absolute Gasteiger partial charge is 0.310 e. The fourth-order valence-corrected chi connectivity index (χ4v) is 3.25. The minimum Gasteiger partial charge on any atom is -0.310 e. The monoisotopic (exact) mass is 331 g/mol. The Labute approximate surface area is 139 Å². The zero-order valence-electron chi connectivity index (χ0n) is 14.3. The molecule has 23 heavy (non-hydrogen) atoms. The Kier molecular flexibility index (Phi) is 5.60. The molecule has 2 aromatic rings. The quantitative estimate of drug-likeness (QED) is 0.882. The predicted octanol–water partition coefficient (Wildman–Crippen LogP) is 3.43. The van der Waals surface area contributed by atoms with Crippen LogP contribution in [0.15, 0.2) is 47.4 Å². The highest BCUT2D eigenvalue weighted by Gasteiger charge is 2.08. The molecule has 0 aliphatic heterocycles. The maximum Gasteiger partial charge on any atom is 0.175 e. The van der Waals surface area contributed by atoms with Gasteiger partial charge >= 0.3 is 0 Å². The van der Waals surface area contributed by atoms with Gasteiger partial charge in [0.1, 0.15) is 0 Å². The van der Waals surface area contributed by atoms with Crippen LogP contribution >= 0.6 is 0 Å². The highest BCUT2D eigenvalue weighted by Crippen LogP contribution is 2.14. The Morgan fingerprint density at radius 2 is 1.70 bits per heavy atom. The number of rotatable bonds is 6. The second-order valence-electron chi connectivity index (χ2n) is 6.33. The molecule has 4 heteroatoms. The normalized spacial score (nSPS) is 13.0. The van der Waals surface area contributed by atoms with Crippen molar-refractivity contribution in [3.8, 4) is 0 Å². The summed E-state index contributed by atoms with van der Waals surface area (Å²) in [6.07, 6.45) is 2.21. The first-order valence-corrected chi connectivity index (χ1v) is 9.73. The van der Waals surface area contributed by atoms with Crippen LogP contribution in [0.5, 0.6) is 0 Å². The molecule has 0 saturated heterocycles. The molecule has 0 radical (unpaired) electrons. The van der Waals surface area contributed by atoms with E-state index in [9.17, 15) is 8.42 Å². The summed E-state index contributed by atoms with van der Waals surface area (Å²) in [7, 11) is -3.12. The van der Waals surface area contributed by atoms with Gasteiger partial charge in [-0.15, -0.1) is 0 Å². The summed E-state index contributed by atoms with van der Waals surface area (Å²) in [5.41, 5.74) is 5.07. The molecule has 0 spiro atoms. The number of hydrogen-bond donors (Lipinski definition) is 1. The minimum atomic E-state index is -3.12. The lowest BCUT2D eigenvalue weighted by Crippen LogP contribution is -2.27. The van der Waals surface area contributed by atoms with Gasteiger partial charge in [0.05, 0.1) is 4.90 Å². The predicted molar refractivity (Wildman–Crippen MR) is 95.5 cm³/mol. The summed E-state index contributed by atoms with van der Waals surface area (Å²) in [5, 5.41) is 3.50. The van der Waals surface area contributed by atoms with Gasteiger partial charge in [0.15, 0.2) is 9.84 Å². The summed E-state index contributed by atoms with van der Waals surface area (Å²) in [6, 6.07) is 14.0. The number of aryl methyl sites for hydroxylation is 2. The molecule has 0 aliphatic rings. The van der Waals surface area contributed by atoms with Crippen molar-refractivity contribution in [2.24, 2.45) is 0 Å². The van der Waals surface area contributed by atoms with Crippen molar-refractivity contribution in [2.45, 2.75) is 44.7 Å². The highest BCUT2D eigenvalue weighted by molar-refractivity contribution is 7.90. The van der Waals surface area contributed by atoms with E-state index in [0.717, 1.165) is 18.5 Å². The van der Waals surface area contributed by atoms with Gasteiger partial charge in [0.2, 0.25) is 0 Å². The first kappa shape index (κ1) is 17.7. The smallest absolute Gasteiger partial charge is 0.175 e. The van der Waals surface area contributed by atoms with Gasteiger partial charge in [0.25, 0.3) is 0 Å². The molecule has 2 aromatic carbocycles. The van der Waals surface area contributed by atoms with E-state index in [1.54, 1.807) is 12.1 Å². The Morgan fingerprint density at radius 3 is 2.26 bits per heavy atom. The van der Waals surface area contributed by atoms with E-state index < -0.39 is 9.84 Å². The lowest BCUT2D eigenvalue weighted by atomic mass is 10.00. The van der Waals surface area contributed by atoms with Crippen molar-refractivity contribution in [1.82, 2.24) is 5.32 Å². The molecule has 124 valence electrons. The molecule has 1 N–H and O–H groups in total. The molecule has 0 aromatic heterocycles. The van der Waals surface area contributed by atoms with Crippen LogP contribution in [-0.2, 0) is 22.8 Å². The second kappa shape index (κ2) is 7.28. The fourth-order valence-electron chi connectivity index (χ4n) is 2.62. The zero-order valence-corrected chi connectivity index (χ0v) is 15.1. The molecule has 2 rings (SSSR count). The average molecular weight is 331 g/mol. The van der Waals surface area contributed by atoms with Gasteiger partial charge in [-0.2, -0.15) is 0 Å². The first-order chi connectivity index (χ1) is 10.8. The first-order valence-electron chi connectivity index (χ1n) is 7.84. The van der Waals surface area contributed by atoms with Gasteiger partial charge in [-0.1, -0.05) is 35.9 Å². The molecular formula is C19H25NO2S. The third kappa shape index (κ3) is 5.19. The van der Waals surface area contributed by atoms with Crippen LogP contribution in [0.3, 0.4) is 0 Å². The highest BCUT2D eigenvalue weighted by atomic mass is 32.2. The molecule has 0 amide bonds. The number of sulfone groups is 1.